The van der Waals surface area contributed by atoms with E-state index in [1.807, 2.05) is 0 Å². The molecule has 9 nitrogen and oxygen atoms in total. The number of carbonyl (C=O) groups is 4. The van der Waals surface area contributed by atoms with Crippen molar-refractivity contribution in [2.24, 2.45) is 5.92 Å². The van der Waals surface area contributed by atoms with Crippen LogP contribution in [0.1, 0.15) is 45.4 Å². The first-order chi connectivity index (χ1) is 12.3. The summed E-state index contributed by atoms with van der Waals surface area (Å²) < 4.78 is 0. The molecule has 0 aromatic carbocycles. The van der Waals surface area contributed by atoms with E-state index in [9.17, 15) is 19.2 Å². The molecule has 9 heteroatoms. The van der Waals surface area contributed by atoms with Crippen LogP contribution in [0.25, 0.3) is 0 Å². The quantitative estimate of drug-likeness (QED) is 0.457. The van der Waals surface area contributed by atoms with E-state index in [4.69, 9.17) is 5.11 Å². The molecule has 3 N–H and O–H groups in total. The smallest absolute Gasteiger partial charge is 0.325 e. The van der Waals surface area contributed by atoms with E-state index in [1.54, 1.807) is 0 Å². The van der Waals surface area contributed by atoms with Crippen LogP contribution in [0, 0.1) is 5.92 Å². The monoisotopic (exact) mass is 368 g/mol. The van der Waals surface area contributed by atoms with E-state index in [-0.39, 0.29) is 31.1 Å². The maximum Gasteiger partial charge on any atom is 0.325 e. The minimum absolute atomic E-state index is 0.108. The second-order valence-corrected chi connectivity index (χ2v) is 7.24. The molecule has 1 saturated heterocycles. The van der Waals surface area contributed by atoms with Gasteiger partial charge in [0.2, 0.25) is 0 Å². The number of aliphatic carboxylic acids is 1. The molecule has 1 aliphatic heterocycles. The number of carbonyl (C=O) groups excluding carboxylic acids is 3. The van der Waals surface area contributed by atoms with Gasteiger partial charge in [-0.1, -0.05) is 26.2 Å². The van der Waals surface area contributed by atoms with Crippen LogP contribution in [0.5, 0.6) is 0 Å². The lowest BCUT2D eigenvalue weighted by molar-refractivity contribution is -0.141. The molecule has 1 aliphatic carbocycles. The Bertz CT molecular complexity index is 574. The van der Waals surface area contributed by atoms with Crippen molar-refractivity contribution in [3.8, 4) is 0 Å². The molecule has 1 saturated carbocycles. The standard InChI is InChI=1S/C17H28N4O5/c1-12(13(22)23)11-20(2)15(25)18-9-6-10-21-14(24)17(19-16(21)26)7-4-3-5-8-17/h12H,3-11H2,1-2H3,(H,18,25)(H,19,26)(H,22,23). The molecule has 2 fully saturated rings. The van der Waals surface area contributed by atoms with Gasteiger partial charge >= 0.3 is 18.0 Å². The minimum Gasteiger partial charge on any atom is -0.481 e. The summed E-state index contributed by atoms with van der Waals surface area (Å²) in [5.41, 5.74) is -0.716. The van der Waals surface area contributed by atoms with E-state index in [0.717, 1.165) is 19.3 Å². The summed E-state index contributed by atoms with van der Waals surface area (Å²) >= 11 is 0. The van der Waals surface area contributed by atoms with E-state index in [1.165, 1.54) is 23.8 Å². The van der Waals surface area contributed by atoms with Crippen molar-refractivity contribution in [1.29, 1.82) is 0 Å². The predicted molar refractivity (Wildman–Crippen MR) is 93.5 cm³/mol. The summed E-state index contributed by atoms with van der Waals surface area (Å²) in [6.07, 6.45) is 4.80. The normalized spacial score (nSPS) is 20.0. The van der Waals surface area contributed by atoms with Gasteiger partial charge in [-0.3, -0.25) is 14.5 Å². The van der Waals surface area contributed by atoms with Crippen molar-refractivity contribution >= 4 is 23.9 Å². The fourth-order valence-electron chi connectivity index (χ4n) is 3.51. The Morgan fingerprint density at radius 2 is 1.96 bits per heavy atom. The number of amides is 5. The van der Waals surface area contributed by atoms with Crippen molar-refractivity contribution in [2.45, 2.75) is 51.0 Å². The molecule has 2 aliphatic rings. The van der Waals surface area contributed by atoms with Gasteiger partial charge in [0.15, 0.2) is 0 Å². The van der Waals surface area contributed by atoms with Crippen LogP contribution in [0.3, 0.4) is 0 Å². The molecule has 1 unspecified atom stereocenters. The largest absolute Gasteiger partial charge is 0.481 e. The number of rotatable bonds is 7. The second kappa shape index (κ2) is 8.37. The summed E-state index contributed by atoms with van der Waals surface area (Å²) in [5.74, 6) is -1.76. The van der Waals surface area contributed by atoms with Crippen LogP contribution in [0.15, 0.2) is 0 Å². The SMILES string of the molecule is CC(CN(C)C(=O)NCCCN1C(=O)NC2(CCCCC2)C1=O)C(=O)O. The van der Waals surface area contributed by atoms with Crippen molar-refractivity contribution in [3.63, 3.8) is 0 Å². The lowest BCUT2D eigenvalue weighted by Gasteiger charge is -2.30. The lowest BCUT2D eigenvalue weighted by Crippen LogP contribution is -2.48. The van der Waals surface area contributed by atoms with Crippen molar-refractivity contribution in [1.82, 2.24) is 20.4 Å². The van der Waals surface area contributed by atoms with Gasteiger partial charge in [-0.15, -0.1) is 0 Å². The number of hydrogen-bond donors (Lipinski definition) is 3. The van der Waals surface area contributed by atoms with E-state index < -0.39 is 17.4 Å². The molecule has 5 amide bonds. The fourth-order valence-corrected chi connectivity index (χ4v) is 3.51. The van der Waals surface area contributed by atoms with Crippen LogP contribution >= 0.6 is 0 Å². The maximum absolute atomic E-state index is 12.6. The molecule has 0 aromatic heterocycles. The summed E-state index contributed by atoms with van der Waals surface area (Å²) in [6, 6.07) is -0.727. The van der Waals surface area contributed by atoms with Crippen molar-refractivity contribution in [2.75, 3.05) is 26.7 Å². The van der Waals surface area contributed by atoms with E-state index in [0.29, 0.717) is 25.8 Å². The zero-order valence-electron chi connectivity index (χ0n) is 15.4. The molecule has 1 atom stereocenters. The van der Waals surface area contributed by atoms with E-state index >= 15 is 0 Å². The molecule has 0 radical (unpaired) electrons. The number of nitrogens with zero attached hydrogens (tertiary/aromatic N) is 2. The molecule has 1 spiro atoms. The highest BCUT2D eigenvalue weighted by atomic mass is 16.4. The Hall–Kier alpha value is -2.32. The van der Waals surface area contributed by atoms with Crippen LogP contribution in [0.2, 0.25) is 0 Å². The first kappa shape index (κ1) is 20.0. The zero-order valence-corrected chi connectivity index (χ0v) is 15.4. The second-order valence-electron chi connectivity index (χ2n) is 7.24. The Kier molecular flexibility index (Phi) is 6.44. The molecule has 2 rings (SSSR count). The molecule has 146 valence electrons. The highest BCUT2D eigenvalue weighted by molar-refractivity contribution is 6.07. The van der Waals surface area contributed by atoms with Crippen LogP contribution in [-0.2, 0) is 9.59 Å². The molecular formula is C17H28N4O5. The van der Waals surface area contributed by atoms with Gasteiger partial charge in [0, 0.05) is 26.7 Å². The van der Waals surface area contributed by atoms with Gasteiger partial charge < -0.3 is 20.6 Å². The molecule has 1 heterocycles. The Balaban J connectivity index is 1.74. The maximum atomic E-state index is 12.6. The molecule has 0 bridgehead atoms. The minimum atomic E-state index is -0.958. The van der Waals surface area contributed by atoms with Gasteiger partial charge in [0.05, 0.1) is 5.92 Å². The van der Waals surface area contributed by atoms with Crippen molar-refractivity contribution in [3.05, 3.63) is 0 Å². The van der Waals surface area contributed by atoms with Crippen LogP contribution in [0.4, 0.5) is 9.59 Å². The molecule has 0 aromatic rings. The van der Waals surface area contributed by atoms with Gasteiger partial charge in [0.25, 0.3) is 5.91 Å². The number of nitrogens with one attached hydrogen (secondary N) is 2. The average Bonchev–Trinajstić information content (AvgIpc) is 2.82. The third-order valence-electron chi connectivity index (χ3n) is 5.10. The van der Waals surface area contributed by atoms with E-state index in [2.05, 4.69) is 10.6 Å². The number of urea groups is 2. The highest BCUT2D eigenvalue weighted by Gasteiger charge is 2.50. The lowest BCUT2D eigenvalue weighted by atomic mass is 9.82. The first-order valence-electron chi connectivity index (χ1n) is 9.13. The Labute approximate surface area is 153 Å². The van der Waals surface area contributed by atoms with Crippen molar-refractivity contribution < 1.29 is 24.3 Å². The fraction of sp³-hybridized carbons (Fsp3) is 0.765. The summed E-state index contributed by atoms with van der Waals surface area (Å²) in [6.45, 7) is 2.19. The number of carboxylic acid groups (broad SMARTS) is 1. The zero-order chi connectivity index (χ0) is 19.3. The average molecular weight is 368 g/mol. The van der Waals surface area contributed by atoms with Crippen LogP contribution < -0.4 is 10.6 Å². The Morgan fingerprint density at radius 1 is 1.31 bits per heavy atom. The summed E-state index contributed by atoms with van der Waals surface area (Å²) in [4.78, 5) is 50.0. The van der Waals surface area contributed by atoms with Gasteiger partial charge in [0.1, 0.15) is 5.54 Å². The number of imide groups is 1. The summed E-state index contributed by atoms with van der Waals surface area (Å²) in [5, 5.41) is 14.4. The van der Waals surface area contributed by atoms with Gasteiger partial charge in [-0.2, -0.15) is 0 Å². The topological polar surface area (TPSA) is 119 Å². The number of hydrogen-bond acceptors (Lipinski definition) is 4. The summed E-state index contributed by atoms with van der Waals surface area (Å²) in [7, 11) is 1.53. The third-order valence-corrected chi connectivity index (χ3v) is 5.10. The van der Waals surface area contributed by atoms with Crippen LogP contribution in [-0.4, -0.2) is 71.1 Å². The number of carboxylic acids is 1. The third kappa shape index (κ3) is 4.44. The first-order valence-corrected chi connectivity index (χ1v) is 9.13. The molecule has 26 heavy (non-hydrogen) atoms. The Morgan fingerprint density at radius 3 is 2.58 bits per heavy atom. The predicted octanol–water partition coefficient (Wildman–Crippen LogP) is 0.993. The van der Waals surface area contributed by atoms with Gasteiger partial charge in [-0.05, 0) is 19.3 Å². The highest BCUT2D eigenvalue weighted by Crippen LogP contribution is 2.33. The van der Waals surface area contributed by atoms with Gasteiger partial charge in [-0.25, -0.2) is 9.59 Å². The molecular weight excluding hydrogens is 340 g/mol.